The lowest BCUT2D eigenvalue weighted by Crippen LogP contribution is -2.43. The third-order valence-electron chi connectivity index (χ3n) is 4.76. The number of alkyl halides is 6. The summed E-state index contributed by atoms with van der Waals surface area (Å²) in [7, 11) is 0. The van der Waals surface area contributed by atoms with E-state index in [1.54, 1.807) is 0 Å². The Bertz CT molecular complexity index is 1290. The van der Waals surface area contributed by atoms with Crippen LogP contribution in [0.25, 0.3) is 0 Å². The highest BCUT2D eigenvalue weighted by molar-refractivity contribution is 6.13. The number of amides is 3. The highest BCUT2D eigenvalue weighted by Gasteiger charge is 2.32. The van der Waals surface area contributed by atoms with E-state index in [0.717, 1.165) is 36.4 Å². The lowest BCUT2D eigenvalue weighted by molar-refractivity contribution is -0.138. The molecule has 37 heavy (non-hydrogen) atoms. The molecule has 0 bridgehead atoms. The van der Waals surface area contributed by atoms with Gasteiger partial charge in [-0.2, -0.15) is 26.3 Å². The van der Waals surface area contributed by atoms with Gasteiger partial charge < -0.3 is 5.73 Å². The van der Waals surface area contributed by atoms with E-state index in [2.05, 4.69) is 15.6 Å². The Hall–Kier alpha value is -4.68. The number of aliphatic imine (C=N–C) groups is 1. The van der Waals surface area contributed by atoms with Crippen molar-refractivity contribution in [2.24, 2.45) is 10.7 Å². The number of primary amides is 1. The first-order valence-corrected chi connectivity index (χ1v) is 10.2. The first-order valence-electron chi connectivity index (χ1n) is 10.2. The fraction of sp³-hybridized carbons (Fsp3) is 0.0833. The number of benzene rings is 3. The molecule has 0 fully saturated rings. The van der Waals surface area contributed by atoms with Crippen LogP contribution in [0, 0.1) is 0 Å². The molecule has 0 saturated carbocycles. The molecule has 0 saturated heterocycles. The van der Waals surface area contributed by atoms with Crippen molar-refractivity contribution < 1.29 is 40.7 Å². The van der Waals surface area contributed by atoms with Gasteiger partial charge in [-0.3, -0.25) is 25.0 Å². The SMILES string of the molecule is NC(=O)c1ccc(N=C(NC(=O)c2cccc(C(F)(F)F)c2)NC(=O)c2cccc(C(F)(F)F)c2)cc1. The second-order valence-electron chi connectivity index (χ2n) is 7.44. The molecule has 7 nitrogen and oxygen atoms in total. The topological polar surface area (TPSA) is 114 Å². The van der Waals surface area contributed by atoms with Crippen LogP contribution in [0.4, 0.5) is 32.0 Å². The maximum atomic E-state index is 13.0. The molecule has 3 aromatic rings. The molecule has 0 aliphatic heterocycles. The Morgan fingerprint density at radius 2 is 1.08 bits per heavy atom. The summed E-state index contributed by atoms with van der Waals surface area (Å²) in [5, 5.41) is 4.28. The van der Waals surface area contributed by atoms with Crippen molar-refractivity contribution in [2.75, 3.05) is 0 Å². The second-order valence-corrected chi connectivity index (χ2v) is 7.44. The van der Waals surface area contributed by atoms with Crippen LogP contribution in [0.2, 0.25) is 0 Å². The van der Waals surface area contributed by atoms with Gasteiger partial charge in [-0.05, 0) is 60.7 Å². The lowest BCUT2D eigenvalue weighted by atomic mass is 10.1. The lowest BCUT2D eigenvalue weighted by Gasteiger charge is -2.13. The molecule has 4 N–H and O–H groups in total. The van der Waals surface area contributed by atoms with Crippen LogP contribution in [-0.2, 0) is 12.4 Å². The number of carbonyl (C=O) groups excluding carboxylic acids is 3. The van der Waals surface area contributed by atoms with Gasteiger partial charge in [0.15, 0.2) is 0 Å². The van der Waals surface area contributed by atoms with Crippen molar-refractivity contribution in [1.82, 2.24) is 10.6 Å². The van der Waals surface area contributed by atoms with Gasteiger partial charge in [0, 0.05) is 16.7 Å². The van der Waals surface area contributed by atoms with Crippen LogP contribution in [0.3, 0.4) is 0 Å². The van der Waals surface area contributed by atoms with Crippen molar-refractivity contribution in [1.29, 1.82) is 0 Å². The van der Waals surface area contributed by atoms with E-state index in [9.17, 15) is 40.7 Å². The summed E-state index contributed by atoms with van der Waals surface area (Å²) in [5.74, 6) is -3.53. The van der Waals surface area contributed by atoms with Crippen molar-refractivity contribution in [3.63, 3.8) is 0 Å². The minimum absolute atomic E-state index is 0.0636. The van der Waals surface area contributed by atoms with Crippen LogP contribution >= 0.6 is 0 Å². The zero-order valence-electron chi connectivity index (χ0n) is 18.4. The van der Waals surface area contributed by atoms with Crippen LogP contribution in [0.15, 0.2) is 77.8 Å². The van der Waals surface area contributed by atoms with Crippen molar-refractivity contribution in [3.05, 3.63) is 101 Å². The Balaban J connectivity index is 1.94. The maximum Gasteiger partial charge on any atom is 0.416 e. The van der Waals surface area contributed by atoms with Crippen LogP contribution in [-0.4, -0.2) is 23.7 Å². The summed E-state index contributed by atoms with van der Waals surface area (Å²) in [6.07, 6.45) is -9.46. The highest BCUT2D eigenvalue weighted by Crippen LogP contribution is 2.30. The van der Waals surface area contributed by atoms with E-state index in [1.807, 2.05) is 0 Å². The highest BCUT2D eigenvalue weighted by atomic mass is 19.4. The summed E-state index contributed by atoms with van der Waals surface area (Å²) < 4.78 is 78.1. The maximum absolute atomic E-state index is 13.0. The summed E-state index contributed by atoms with van der Waals surface area (Å²) in [6.45, 7) is 0. The summed E-state index contributed by atoms with van der Waals surface area (Å²) >= 11 is 0. The number of hydrogen-bond acceptors (Lipinski definition) is 4. The van der Waals surface area contributed by atoms with Gasteiger partial charge in [-0.1, -0.05) is 12.1 Å². The van der Waals surface area contributed by atoms with Crippen molar-refractivity contribution >= 4 is 29.4 Å². The molecule has 0 aromatic heterocycles. The first kappa shape index (κ1) is 26.9. The zero-order chi connectivity index (χ0) is 27.4. The molecule has 0 aliphatic rings. The molecule has 0 unspecified atom stereocenters. The molecule has 3 rings (SSSR count). The van der Waals surface area contributed by atoms with Gasteiger partial charge in [0.1, 0.15) is 0 Å². The predicted octanol–water partition coefficient (Wildman–Crippen LogP) is 4.67. The molecule has 13 heteroatoms. The number of nitrogens with zero attached hydrogens (tertiary/aromatic N) is 1. The zero-order valence-corrected chi connectivity index (χ0v) is 18.4. The van der Waals surface area contributed by atoms with E-state index in [-0.39, 0.29) is 11.3 Å². The van der Waals surface area contributed by atoms with Crippen LogP contribution in [0.5, 0.6) is 0 Å². The van der Waals surface area contributed by atoms with E-state index < -0.39 is 58.3 Å². The Labute approximate surface area is 205 Å². The van der Waals surface area contributed by atoms with Crippen LogP contribution < -0.4 is 16.4 Å². The average Bonchev–Trinajstić information content (AvgIpc) is 2.83. The fourth-order valence-corrected chi connectivity index (χ4v) is 2.95. The fourth-order valence-electron chi connectivity index (χ4n) is 2.95. The van der Waals surface area contributed by atoms with Gasteiger partial charge in [-0.25, -0.2) is 4.99 Å². The summed E-state index contributed by atoms with van der Waals surface area (Å²) in [6, 6.07) is 11.9. The molecule has 0 atom stereocenters. The van der Waals surface area contributed by atoms with Crippen molar-refractivity contribution in [3.8, 4) is 0 Å². The van der Waals surface area contributed by atoms with E-state index >= 15 is 0 Å². The van der Waals surface area contributed by atoms with Crippen molar-refractivity contribution in [2.45, 2.75) is 12.4 Å². The monoisotopic (exact) mass is 522 g/mol. The number of nitrogens with one attached hydrogen (secondary N) is 2. The molecule has 0 spiro atoms. The number of guanidine groups is 1. The Morgan fingerprint density at radius 3 is 1.46 bits per heavy atom. The summed E-state index contributed by atoms with van der Waals surface area (Å²) in [4.78, 5) is 40.5. The number of rotatable bonds is 4. The molecular formula is C24H16F6N4O3. The minimum atomic E-state index is -4.73. The quantitative estimate of drug-likeness (QED) is 0.263. The first-order chi connectivity index (χ1) is 17.2. The largest absolute Gasteiger partial charge is 0.416 e. The van der Waals surface area contributed by atoms with Gasteiger partial charge in [0.2, 0.25) is 11.9 Å². The number of hydrogen-bond donors (Lipinski definition) is 3. The molecule has 0 aliphatic carbocycles. The smallest absolute Gasteiger partial charge is 0.366 e. The molecule has 192 valence electrons. The predicted molar refractivity (Wildman–Crippen MR) is 120 cm³/mol. The molecule has 0 radical (unpaired) electrons. The third kappa shape index (κ3) is 7.16. The Morgan fingerprint density at radius 1 is 0.649 bits per heavy atom. The average molecular weight is 522 g/mol. The van der Waals surface area contributed by atoms with E-state index in [0.29, 0.717) is 12.1 Å². The van der Waals surface area contributed by atoms with Gasteiger partial charge in [-0.15, -0.1) is 0 Å². The van der Waals surface area contributed by atoms with Gasteiger partial charge in [0.25, 0.3) is 11.8 Å². The normalized spacial score (nSPS) is 11.4. The number of carbonyl (C=O) groups is 3. The standard InChI is InChI=1S/C24H16F6N4O3/c25-23(26,27)16-5-1-3-14(11-16)20(36)33-22(32-18-9-7-13(8-10-18)19(31)35)34-21(37)15-4-2-6-17(12-15)24(28,29)30/h1-12H,(H2,31,35)(H2,32,33,34,36,37). The molecule has 0 heterocycles. The molecular weight excluding hydrogens is 506 g/mol. The van der Waals surface area contributed by atoms with E-state index in [1.165, 1.54) is 24.3 Å². The molecule has 3 amide bonds. The summed E-state index contributed by atoms with van der Waals surface area (Å²) in [5.41, 5.74) is 2.27. The van der Waals surface area contributed by atoms with Crippen LogP contribution in [0.1, 0.15) is 42.2 Å². The van der Waals surface area contributed by atoms with E-state index in [4.69, 9.17) is 5.73 Å². The minimum Gasteiger partial charge on any atom is -0.366 e. The van der Waals surface area contributed by atoms with Gasteiger partial charge >= 0.3 is 12.4 Å². The Kier molecular flexibility index (Phi) is 7.65. The van der Waals surface area contributed by atoms with Gasteiger partial charge in [0.05, 0.1) is 16.8 Å². The number of halogens is 6. The number of nitrogens with two attached hydrogens (primary N) is 1. The molecule has 3 aromatic carbocycles. The third-order valence-corrected chi connectivity index (χ3v) is 4.76. The second kappa shape index (κ2) is 10.5.